The Morgan fingerprint density at radius 2 is 1.95 bits per heavy atom. The van der Waals surface area contributed by atoms with Gasteiger partial charge in [-0.1, -0.05) is 6.07 Å². The lowest BCUT2D eigenvalue weighted by atomic mass is 10.1. The highest BCUT2D eigenvalue weighted by molar-refractivity contribution is 6.07. The zero-order chi connectivity index (χ0) is 14.9. The van der Waals surface area contributed by atoms with Crippen LogP contribution in [0.1, 0.15) is 23.0 Å². The Kier molecular flexibility index (Phi) is 3.56. The van der Waals surface area contributed by atoms with E-state index in [9.17, 15) is 14.4 Å². The second-order valence-electron chi connectivity index (χ2n) is 4.13. The molecule has 0 aliphatic rings. The average molecular weight is 276 g/mol. The zero-order valence-electron chi connectivity index (χ0n) is 11.2. The highest BCUT2D eigenvalue weighted by Gasteiger charge is 2.21. The maximum atomic E-state index is 12.0. The van der Waals surface area contributed by atoms with Gasteiger partial charge in [-0.15, -0.1) is 0 Å². The van der Waals surface area contributed by atoms with E-state index in [0.717, 1.165) is 0 Å². The van der Waals surface area contributed by atoms with Gasteiger partial charge in [0.2, 0.25) is 0 Å². The number of hydrogen-bond donors (Lipinski definition) is 0. The summed E-state index contributed by atoms with van der Waals surface area (Å²) in [5.74, 6) is -0.999. The number of fused-ring (bicyclic) bond motifs is 1. The first-order valence-corrected chi connectivity index (χ1v) is 5.78. The molecule has 0 N–H and O–H groups in total. The Morgan fingerprint density at radius 1 is 1.25 bits per heavy atom. The molecule has 0 fully saturated rings. The minimum atomic E-state index is -0.775. The van der Waals surface area contributed by atoms with Gasteiger partial charge in [0.15, 0.2) is 0 Å². The van der Waals surface area contributed by atoms with Crippen LogP contribution in [0.15, 0.2) is 27.4 Å². The van der Waals surface area contributed by atoms with Gasteiger partial charge < -0.3 is 13.9 Å². The van der Waals surface area contributed by atoms with Crippen LogP contribution < -0.4 is 10.4 Å². The summed E-state index contributed by atoms with van der Waals surface area (Å²) < 4.78 is 14.6. The second-order valence-corrected chi connectivity index (χ2v) is 4.13. The Bertz CT molecular complexity index is 756. The number of carbonyl (C=O) groups is 2. The molecule has 1 aromatic heterocycles. The molecule has 0 saturated heterocycles. The van der Waals surface area contributed by atoms with Crippen molar-refractivity contribution in [3.8, 4) is 5.75 Å². The zero-order valence-corrected chi connectivity index (χ0v) is 11.2. The first kappa shape index (κ1) is 13.8. The van der Waals surface area contributed by atoms with Crippen LogP contribution in [0.25, 0.3) is 10.8 Å². The molecule has 0 spiro atoms. The molecular weight excluding hydrogens is 264 g/mol. The third-order valence-electron chi connectivity index (χ3n) is 2.66. The minimum Gasteiger partial charge on any atom is -0.465 e. The standard InChI is InChI=1S/C14H12O6/c1-7-6-9-4-5-10(20-8(2)15)12(13(16)18-3)11(9)14(17)19-7/h4-6H,1-3H3. The quantitative estimate of drug-likeness (QED) is 0.614. The fourth-order valence-corrected chi connectivity index (χ4v) is 1.93. The van der Waals surface area contributed by atoms with Gasteiger partial charge in [0.25, 0.3) is 0 Å². The number of ether oxygens (including phenoxy) is 2. The molecule has 0 aliphatic heterocycles. The summed E-state index contributed by atoms with van der Waals surface area (Å²) in [4.78, 5) is 34.9. The van der Waals surface area contributed by atoms with E-state index in [4.69, 9.17) is 9.15 Å². The lowest BCUT2D eigenvalue weighted by Gasteiger charge is -2.10. The second kappa shape index (κ2) is 5.16. The summed E-state index contributed by atoms with van der Waals surface area (Å²) >= 11 is 0. The third kappa shape index (κ3) is 2.40. The van der Waals surface area contributed by atoms with E-state index in [2.05, 4.69) is 4.74 Å². The molecule has 6 heteroatoms. The van der Waals surface area contributed by atoms with E-state index < -0.39 is 17.6 Å². The maximum Gasteiger partial charge on any atom is 0.344 e. The third-order valence-corrected chi connectivity index (χ3v) is 2.66. The summed E-state index contributed by atoms with van der Waals surface area (Å²) in [6.07, 6.45) is 0. The first-order valence-electron chi connectivity index (χ1n) is 5.78. The molecule has 1 aromatic carbocycles. The highest BCUT2D eigenvalue weighted by Crippen LogP contribution is 2.27. The van der Waals surface area contributed by atoms with Crippen LogP contribution in [0.2, 0.25) is 0 Å². The van der Waals surface area contributed by atoms with Crippen LogP contribution in [-0.2, 0) is 9.53 Å². The lowest BCUT2D eigenvalue weighted by molar-refractivity contribution is -0.131. The van der Waals surface area contributed by atoms with E-state index in [1.807, 2.05) is 0 Å². The van der Waals surface area contributed by atoms with Crippen LogP contribution >= 0.6 is 0 Å². The summed E-state index contributed by atoms with van der Waals surface area (Å²) in [6, 6.07) is 4.62. The van der Waals surface area contributed by atoms with E-state index >= 15 is 0 Å². The van der Waals surface area contributed by atoms with Crippen molar-refractivity contribution in [3.63, 3.8) is 0 Å². The number of benzene rings is 1. The Hall–Kier alpha value is -2.63. The van der Waals surface area contributed by atoms with Crippen LogP contribution in [0.4, 0.5) is 0 Å². The number of hydrogen-bond acceptors (Lipinski definition) is 6. The van der Waals surface area contributed by atoms with Crippen LogP contribution in [0.5, 0.6) is 5.75 Å². The van der Waals surface area contributed by atoms with Crippen LogP contribution in [0, 0.1) is 6.92 Å². The summed E-state index contributed by atoms with van der Waals surface area (Å²) in [6.45, 7) is 2.82. The summed E-state index contributed by atoms with van der Waals surface area (Å²) in [5, 5.41) is 0.538. The molecular formula is C14H12O6. The Morgan fingerprint density at radius 3 is 2.55 bits per heavy atom. The van der Waals surface area contributed by atoms with Crippen molar-refractivity contribution in [1.82, 2.24) is 0 Å². The molecule has 0 atom stereocenters. The monoisotopic (exact) mass is 276 g/mol. The highest BCUT2D eigenvalue weighted by atomic mass is 16.5. The maximum absolute atomic E-state index is 12.0. The predicted molar refractivity (Wildman–Crippen MR) is 69.9 cm³/mol. The molecule has 0 aliphatic carbocycles. The number of methoxy groups -OCH3 is 1. The van der Waals surface area contributed by atoms with Gasteiger partial charge in [0.05, 0.1) is 12.5 Å². The molecule has 0 amide bonds. The summed E-state index contributed by atoms with van der Waals surface area (Å²) in [5.41, 5.74) is -0.802. The van der Waals surface area contributed by atoms with Crippen molar-refractivity contribution in [2.45, 2.75) is 13.8 Å². The molecule has 1 heterocycles. The van der Waals surface area contributed by atoms with Crippen molar-refractivity contribution in [3.05, 3.63) is 39.9 Å². The average Bonchev–Trinajstić information content (AvgIpc) is 2.37. The molecule has 20 heavy (non-hydrogen) atoms. The van der Waals surface area contributed by atoms with Gasteiger partial charge in [-0.3, -0.25) is 4.79 Å². The number of rotatable bonds is 2. The van der Waals surface area contributed by atoms with Crippen molar-refractivity contribution in [2.75, 3.05) is 7.11 Å². The van der Waals surface area contributed by atoms with Gasteiger partial charge in [-0.05, 0) is 24.4 Å². The van der Waals surface area contributed by atoms with Gasteiger partial charge in [0, 0.05) is 6.92 Å². The molecule has 0 saturated carbocycles. The van der Waals surface area contributed by atoms with Crippen molar-refractivity contribution < 1.29 is 23.5 Å². The van der Waals surface area contributed by atoms with Gasteiger partial charge in [-0.25, -0.2) is 9.59 Å². The van der Waals surface area contributed by atoms with Crippen molar-refractivity contribution in [2.24, 2.45) is 0 Å². The van der Waals surface area contributed by atoms with E-state index in [0.29, 0.717) is 11.1 Å². The minimum absolute atomic E-state index is 0.0289. The normalized spacial score (nSPS) is 10.3. The van der Waals surface area contributed by atoms with Gasteiger partial charge in [0.1, 0.15) is 17.1 Å². The largest absolute Gasteiger partial charge is 0.465 e. The molecule has 2 rings (SSSR count). The Balaban J connectivity index is 2.86. The number of aryl methyl sites for hydroxylation is 1. The molecule has 2 aromatic rings. The first-order chi connectivity index (χ1) is 9.43. The fraction of sp³-hybridized carbons (Fsp3) is 0.214. The fourth-order valence-electron chi connectivity index (χ4n) is 1.93. The van der Waals surface area contributed by atoms with Gasteiger partial charge in [-0.2, -0.15) is 0 Å². The Labute approximate surface area is 113 Å². The lowest BCUT2D eigenvalue weighted by Crippen LogP contribution is -2.13. The smallest absolute Gasteiger partial charge is 0.344 e. The number of carbonyl (C=O) groups excluding carboxylic acids is 2. The topological polar surface area (TPSA) is 82.8 Å². The van der Waals surface area contributed by atoms with Gasteiger partial charge >= 0.3 is 17.6 Å². The summed E-state index contributed by atoms with van der Waals surface area (Å²) in [7, 11) is 1.18. The van der Waals surface area contributed by atoms with Crippen LogP contribution in [-0.4, -0.2) is 19.0 Å². The van der Waals surface area contributed by atoms with E-state index in [-0.39, 0.29) is 16.7 Å². The molecule has 0 unspecified atom stereocenters. The molecule has 0 radical (unpaired) electrons. The SMILES string of the molecule is COC(=O)c1c(OC(C)=O)ccc2cc(C)oc(=O)c12. The van der Waals surface area contributed by atoms with Crippen molar-refractivity contribution in [1.29, 1.82) is 0 Å². The van der Waals surface area contributed by atoms with E-state index in [1.165, 1.54) is 20.1 Å². The predicted octanol–water partition coefficient (Wildman–Crippen LogP) is 1.81. The van der Waals surface area contributed by atoms with E-state index in [1.54, 1.807) is 19.1 Å². The molecule has 104 valence electrons. The molecule has 6 nitrogen and oxygen atoms in total. The van der Waals surface area contributed by atoms with Crippen molar-refractivity contribution >= 4 is 22.7 Å². The number of esters is 2. The molecule has 0 bridgehead atoms. The van der Waals surface area contributed by atoms with Crippen LogP contribution in [0.3, 0.4) is 0 Å².